The predicted octanol–water partition coefficient (Wildman–Crippen LogP) is 0.544. The van der Waals surface area contributed by atoms with Crippen molar-refractivity contribution in [3.8, 4) is 17.2 Å². The Morgan fingerprint density at radius 2 is 1.81 bits per heavy atom. The van der Waals surface area contributed by atoms with Crippen molar-refractivity contribution in [2.24, 2.45) is 5.73 Å². The molecule has 2 aromatic rings. The summed E-state index contributed by atoms with van der Waals surface area (Å²) in [7, 11) is 1.25. The highest BCUT2D eigenvalue weighted by molar-refractivity contribution is 6.31. The van der Waals surface area contributed by atoms with Crippen molar-refractivity contribution in [3.05, 3.63) is 51.6 Å². The molecule has 1 saturated heterocycles. The van der Waals surface area contributed by atoms with E-state index in [0.29, 0.717) is 0 Å². The minimum Gasteiger partial charge on any atom is -0.507 e. The highest BCUT2D eigenvalue weighted by Crippen LogP contribution is 2.52. The zero-order valence-electron chi connectivity index (χ0n) is 21.8. The number of methoxy groups -OCH3 is 1. The number of benzene rings is 2. The van der Waals surface area contributed by atoms with Gasteiger partial charge in [-0.2, -0.15) is 13.2 Å². The second-order valence-electron chi connectivity index (χ2n) is 10.4. The Balaban J connectivity index is 1.67. The number of phenols is 2. The number of aliphatic hydroxyl groups is 3. The third kappa shape index (κ3) is 4.53. The molecular formula is C27H26F3NO11. The van der Waals surface area contributed by atoms with E-state index in [2.05, 4.69) is 0 Å². The topological polar surface area (TPSA) is 206 Å². The first-order chi connectivity index (χ1) is 19.6. The van der Waals surface area contributed by atoms with Gasteiger partial charge in [0, 0.05) is 42.0 Å². The first-order valence-electron chi connectivity index (χ1n) is 12.7. The lowest BCUT2D eigenvalue weighted by Crippen LogP contribution is -2.58. The predicted molar refractivity (Wildman–Crippen MR) is 132 cm³/mol. The number of aliphatic hydroxyl groups excluding tert-OH is 2. The van der Waals surface area contributed by atoms with Gasteiger partial charge in [-0.1, -0.05) is 12.1 Å². The lowest BCUT2D eigenvalue weighted by Gasteiger charge is -2.43. The number of phenolic OH excluding ortho intramolecular Hbond substituents is 2. The molecule has 1 fully saturated rings. The molecule has 1 heterocycles. The molecule has 7 N–H and O–H groups in total. The molecule has 6 atom stereocenters. The van der Waals surface area contributed by atoms with Gasteiger partial charge in [-0.15, -0.1) is 0 Å². The number of aromatic hydroxyl groups is 2. The van der Waals surface area contributed by atoms with Crippen molar-refractivity contribution in [2.45, 2.75) is 61.7 Å². The largest absolute Gasteiger partial charge is 0.507 e. The van der Waals surface area contributed by atoms with Crippen LogP contribution in [0.2, 0.25) is 0 Å². The van der Waals surface area contributed by atoms with E-state index < -0.39 is 119 Å². The zero-order valence-corrected chi connectivity index (χ0v) is 21.8. The van der Waals surface area contributed by atoms with Crippen LogP contribution in [-0.2, 0) is 20.7 Å². The molecule has 0 aromatic heterocycles. The number of ether oxygens (including phenoxy) is 3. The van der Waals surface area contributed by atoms with Crippen LogP contribution >= 0.6 is 0 Å². The molecule has 2 aromatic carbocycles. The smallest absolute Gasteiger partial charge is 0.417 e. The van der Waals surface area contributed by atoms with E-state index in [-0.39, 0.29) is 16.9 Å². The Morgan fingerprint density at radius 3 is 2.43 bits per heavy atom. The molecule has 226 valence electrons. The van der Waals surface area contributed by atoms with Crippen LogP contribution in [0.1, 0.15) is 61.9 Å². The average Bonchev–Trinajstić information content (AvgIpc) is 2.93. The lowest BCUT2D eigenvalue weighted by atomic mass is 9.72. The average molecular weight is 597 g/mol. The van der Waals surface area contributed by atoms with Gasteiger partial charge >= 0.3 is 6.18 Å². The van der Waals surface area contributed by atoms with Crippen LogP contribution < -0.4 is 10.5 Å². The molecule has 12 nitrogen and oxygen atoms in total. The molecular weight excluding hydrogens is 571 g/mol. The third-order valence-corrected chi connectivity index (χ3v) is 7.89. The lowest BCUT2D eigenvalue weighted by molar-refractivity contribution is -0.323. The molecule has 0 amide bonds. The Kier molecular flexibility index (Phi) is 7.32. The second kappa shape index (κ2) is 10.3. The Hall–Kier alpha value is -3.60. The molecule has 5 rings (SSSR count). The van der Waals surface area contributed by atoms with Crippen molar-refractivity contribution in [1.29, 1.82) is 0 Å². The number of carbonyl (C=O) groups is 3. The second-order valence-corrected chi connectivity index (χ2v) is 10.4. The third-order valence-electron chi connectivity index (χ3n) is 7.89. The van der Waals surface area contributed by atoms with E-state index in [1.54, 1.807) is 0 Å². The van der Waals surface area contributed by atoms with E-state index in [4.69, 9.17) is 19.9 Å². The fraction of sp³-hybridized carbons (Fsp3) is 0.444. The fourth-order valence-electron chi connectivity index (χ4n) is 5.82. The standard InChI is InChI=1S/C27H26F3NO11/c1-40-12-4-2-3-9-16(12)23(37)19-18(20(9)34)21(35)10-6-26(39,14(33)8-32)7-13(17(10)24(19)38)41-15-5-11(31)22(36)25(42-15)27(28,29)30/h2-4,11,13,15,22,25,32,35-36,38-39H,5-8,31H2,1H3/t11-,13-,15+,22-,25-,26-/m0/s1. The number of hydrogen-bond donors (Lipinski definition) is 6. The van der Waals surface area contributed by atoms with Crippen LogP contribution in [0.25, 0.3) is 0 Å². The van der Waals surface area contributed by atoms with Gasteiger partial charge in [0.1, 0.15) is 35.6 Å². The van der Waals surface area contributed by atoms with Crippen LogP contribution in [0, 0.1) is 0 Å². The Bertz CT molecular complexity index is 1490. The number of alkyl halides is 3. The van der Waals surface area contributed by atoms with Crippen LogP contribution in [-0.4, -0.2) is 92.9 Å². The number of rotatable bonds is 5. The SMILES string of the molecule is COc1cccc2c1C(=O)c1c(O)c3c(c(O)c1C2=O)C[C@@](O)(C(=O)CO)C[C@@H]3O[C@H]1C[C@H](N)[C@H](O)[C@@H](C(F)(F)F)O1. The molecule has 1 aliphatic heterocycles. The molecule has 3 aliphatic rings. The summed E-state index contributed by atoms with van der Waals surface area (Å²) in [6.07, 6.45) is -15.5. The van der Waals surface area contributed by atoms with Gasteiger partial charge in [0.25, 0.3) is 0 Å². The number of halogens is 3. The Labute approximate surface area is 235 Å². The first kappa shape index (κ1) is 29.9. The zero-order chi connectivity index (χ0) is 30.9. The number of ketones is 3. The molecule has 15 heteroatoms. The Morgan fingerprint density at radius 1 is 1.14 bits per heavy atom. The van der Waals surface area contributed by atoms with Gasteiger partial charge in [0.2, 0.25) is 5.78 Å². The van der Waals surface area contributed by atoms with Crippen molar-refractivity contribution in [1.82, 2.24) is 0 Å². The van der Waals surface area contributed by atoms with Crippen molar-refractivity contribution >= 4 is 17.3 Å². The summed E-state index contributed by atoms with van der Waals surface area (Å²) in [5.74, 6) is -4.74. The van der Waals surface area contributed by atoms with Crippen molar-refractivity contribution in [3.63, 3.8) is 0 Å². The van der Waals surface area contributed by atoms with Crippen molar-refractivity contribution in [2.75, 3.05) is 13.7 Å². The quantitative estimate of drug-likeness (QED) is 0.223. The van der Waals surface area contributed by atoms with Crippen LogP contribution in [0.5, 0.6) is 17.2 Å². The minimum absolute atomic E-state index is 0.00910. The van der Waals surface area contributed by atoms with Gasteiger partial charge in [0.15, 0.2) is 24.0 Å². The van der Waals surface area contributed by atoms with Gasteiger partial charge in [-0.25, -0.2) is 0 Å². The molecule has 0 unspecified atom stereocenters. The monoisotopic (exact) mass is 597 g/mol. The van der Waals surface area contributed by atoms with Crippen LogP contribution in [0.4, 0.5) is 13.2 Å². The summed E-state index contributed by atoms with van der Waals surface area (Å²) >= 11 is 0. The van der Waals surface area contributed by atoms with E-state index in [1.807, 2.05) is 0 Å². The summed E-state index contributed by atoms with van der Waals surface area (Å²) in [5.41, 5.74) is 0.764. The summed E-state index contributed by atoms with van der Waals surface area (Å²) < 4.78 is 56.4. The molecule has 0 spiro atoms. The first-order valence-corrected chi connectivity index (χ1v) is 12.7. The molecule has 42 heavy (non-hydrogen) atoms. The van der Waals surface area contributed by atoms with Gasteiger partial charge in [-0.3, -0.25) is 14.4 Å². The van der Waals surface area contributed by atoms with Gasteiger partial charge in [-0.05, 0) is 6.07 Å². The summed E-state index contributed by atoms with van der Waals surface area (Å²) in [5, 5.41) is 53.3. The maximum absolute atomic E-state index is 13.6. The number of fused-ring (bicyclic) bond motifs is 3. The number of carbonyl (C=O) groups excluding carboxylic acids is 3. The van der Waals surface area contributed by atoms with E-state index in [0.717, 1.165) is 0 Å². The normalized spacial score (nSPS) is 29.0. The number of hydrogen-bond acceptors (Lipinski definition) is 12. The summed E-state index contributed by atoms with van der Waals surface area (Å²) in [6.45, 7) is -1.17. The summed E-state index contributed by atoms with van der Waals surface area (Å²) in [4.78, 5) is 39.7. The van der Waals surface area contributed by atoms with Gasteiger partial charge in [0.05, 0.1) is 29.9 Å². The number of nitrogens with two attached hydrogens (primary N) is 1. The van der Waals surface area contributed by atoms with Gasteiger partial charge < -0.3 is 45.5 Å². The van der Waals surface area contributed by atoms with E-state index >= 15 is 0 Å². The molecule has 0 bridgehead atoms. The van der Waals surface area contributed by atoms with Crippen LogP contribution in [0.3, 0.4) is 0 Å². The van der Waals surface area contributed by atoms with E-state index in [1.165, 1.54) is 25.3 Å². The number of Topliss-reactive ketones (excluding diaryl/α,β-unsaturated/α-hetero) is 1. The molecule has 0 saturated carbocycles. The summed E-state index contributed by atoms with van der Waals surface area (Å²) in [6, 6.07) is 2.63. The van der Waals surface area contributed by atoms with Crippen LogP contribution in [0.15, 0.2) is 18.2 Å². The minimum atomic E-state index is -5.06. The maximum atomic E-state index is 13.6. The highest BCUT2D eigenvalue weighted by atomic mass is 19.4. The molecule has 0 radical (unpaired) electrons. The highest BCUT2D eigenvalue weighted by Gasteiger charge is 2.54. The fourth-order valence-corrected chi connectivity index (χ4v) is 5.82. The maximum Gasteiger partial charge on any atom is 0.417 e. The van der Waals surface area contributed by atoms with Crippen molar-refractivity contribution < 1.29 is 67.3 Å². The van der Waals surface area contributed by atoms with E-state index in [9.17, 15) is 53.1 Å². The molecule has 2 aliphatic carbocycles.